The third kappa shape index (κ3) is 5.44. The fourth-order valence-electron chi connectivity index (χ4n) is 2.96. The number of amides is 3. The van der Waals surface area contributed by atoms with Crippen LogP contribution in [0.2, 0.25) is 0 Å². The lowest BCUT2D eigenvalue weighted by Crippen LogP contribution is -2.57. The van der Waals surface area contributed by atoms with Gasteiger partial charge in [-0.2, -0.15) is 0 Å². The van der Waals surface area contributed by atoms with E-state index in [1.807, 2.05) is 30.3 Å². The average Bonchev–Trinajstić information content (AvgIpc) is 3.06. The van der Waals surface area contributed by atoms with Crippen LogP contribution in [-0.4, -0.2) is 59.1 Å². The molecule has 27 heavy (non-hydrogen) atoms. The van der Waals surface area contributed by atoms with E-state index in [2.05, 4.69) is 10.6 Å². The minimum Gasteiger partial charge on any atom is -0.480 e. The number of carbonyl (C=O) groups is 4. The van der Waals surface area contributed by atoms with Crippen LogP contribution in [0.25, 0.3) is 0 Å². The van der Waals surface area contributed by atoms with Crippen LogP contribution in [0.15, 0.2) is 30.3 Å². The van der Waals surface area contributed by atoms with E-state index in [0.717, 1.165) is 5.56 Å². The number of hydrogen-bond donors (Lipinski definition) is 3. The molecule has 1 atom stereocenters. The molecule has 0 bridgehead atoms. The third-order valence-electron chi connectivity index (χ3n) is 4.43. The quantitative estimate of drug-likeness (QED) is 0.635. The number of alkyl carbamates (subject to hydrolysis) is 1. The topological polar surface area (TPSA) is 125 Å². The van der Waals surface area contributed by atoms with Crippen molar-refractivity contribution in [1.29, 1.82) is 0 Å². The van der Waals surface area contributed by atoms with Crippen LogP contribution in [0.3, 0.4) is 0 Å². The van der Waals surface area contributed by atoms with Gasteiger partial charge in [-0.25, -0.2) is 4.79 Å². The number of carboxylic acid groups (broad SMARTS) is 1. The maximum absolute atomic E-state index is 12.4. The van der Waals surface area contributed by atoms with E-state index in [1.54, 1.807) is 6.92 Å². The van der Waals surface area contributed by atoms with Crippen LogP contribution in [0.4, 0.5) is 4.79 Å². The second-order valence-corrected chi connectivity index (χ2v) is 6.41. The van der Waals surface area contributed by atoms with Gasteiger partial charge in [0.2, 0.25) is 11.8 Å². The Balaban J connectivity index is 1.83. The lowest BCUT2D eigenvalue weighted by Gasteiger charge is -2.33. The number of carboxylic acids is 1. The largest absolute Gasteiger partial charge is 0.480 e. The summed E-state index contributed by atoms with van der Waals surface area (Å²) in [6.07, 6.45) is 0.299. The minimum absolute atomic E-state index is 0.0832. The van der Waals surface area contributed by atoms with Gasteiger partial charge in [0.05, 0.1) is 0 Å². The summed E-state index contributed by atoms with van der Waals surface area (Å²) in [7, 11) is 0. The summed E-state index contributed by atoms with van der Waals surface area (Å²) in [6.45, 7) is 1.20. The number of benzene rings is 1. The molecule has 1 aliphatic heterocycles. The van der Waals surface area contributed by atoms with Gasteiger partial charge in [0.1, 0.15) is 25.2 Å². The summed E-state index contributed by atoms with van der Waals surface area (Å²) in [6, 6.07) is 9.11. The first-order valence-electron chi connectivity index (χ1n) is 8.58. The monoisotopic (exact) mass is 377 g/mol. The third-order valence-corrected chi connectivity index (χ3v) is 4.43. The van der Waals surface area contributed by atoms with E-state index < -0.39 is 36.0 Å². The van der Waals surface area contributed by atoms with Gasteiger partial charge in [-0.15, -0.1) is 0 Å². The van der Waals surface area contributed by atoms with Gasteiger partial charge in [0.25, 0.3) is 0 Å². The first-order chi connectivity index (χ1) is 12.8. The lowest BCUT2D eigenvalue weighted by molar-refractivity contribution is -0.145. The molecule has 146 valence electrons. The molecule has 9 nitrogen and oxygen atoms in total. The first-order valence-corrected chi connectivity index (χ1v) is 8.58. The molecule has 3 N–H and O–H groups in total. The number of ether oxygens (including phenoxy) is 1. The van der Waals surface area contributed by atoms with Crippen molar-refractivity contribution in [3.05, 3.63) is 35.9 Å². The predicted octanol–water partition coefficient (Wildman–Crippen LogP) is 0.495. The highest BCUT2D eigenvalue weighted by molar-refractivity contribution is 5.94. The average molecular weight is 377 g/mol. The maximum Gasteiger partial charge on any atom is 0.407 e. The SMILES string of the molecule is C[C@@]1(C(=O)NCC(=O)O)CCCN1C(=O)CNC(=O)OCc1ccccc1. The highest BCUT2D eigenvalue weighted by Crippen LogP contribution is 2.29. The molecule has 1 saturated heterocycles. The second kappa shape index (κ2) is 9.02. The Bertz CT molecular complexity index is 708. The number of likely N-dealkylation sites (tertiary alicyclic amines) is 1. The molecule has 0 aromatic heterocycles. The van der Waals surface area contributed by atoms with Gasteiger partial charge in [-0.1, -0.05) is 30.3 Å². The van der Waals surface area contributed by atoms with Crippen LogP contribution < -0.4 is 10.6 Å². The van der Waals surface area contributed by atoms with E-state index in [4.69, 9.17) is 9.84 Å². The molecular formula is C18H23N3O6. The zero-order valence-corrected chi connectivity index (χ0v) is 15.1. The summed E-state index contributed by atoms with van der Waals surface area (Å²) in [4.78, 5) is 48.5. The van der Waals surface area contributed by atoms with E-state index in [-0.39, 0.29) is 13.2 Å². The lowest BCUT2D eigenvalue weighted by atomic mass is 9.97. The van der Waals surface area contributed by atoms with Gasteiger partial charge in [-0.3, -0.25) is 14.4 Å². The number of rotatable bonds is 7. The molecule has 1 aromatic rings. The Labute approximate surface area is 156 Å². The number of hydrogen-bond acceptors (Lipinski definition) is 5. The van der Waals surface area contributed by atoms with Gasteiger partial charge >= 0.3 is 12.1 Å². The number of nitrogens with one attached hydrogen (secondary N) is 2. The molecule has 1 aliphatic rings. The van der Waals surface area contributed by atoms with Crippen molar-refractivity contribution >= 4 is 23.9 Å². The summed E-state index contributed by atoms with van der Waals surface area (Å²) < 4.78 is 5.04. The Hall–Kier alpha value is -3.10. The molecule has 1 aromatic carbocycles. The highest BCUT2D eigenvalue weighted by Gasteiger charge is 2.45. The van der Waals surface area contributed by atoms with Crippen molar-refractivity contribution in [1.82, 2.24) is 15.5 Å². The van der Waals surface area contributed by atoms with Crippen LogP contribution in [0.1, 0.15) is 25.3 Å². The minimum atomic E-state index is -1.16. The van der Waals surface area contributed by atoms with Crippen molar-refractivity contribution in [2.45, 2.75) is 31.9 Å². The first kappa shape index (κ1) is 20.2. The summed E-state index contributed by atoms with van der Waals surface area (Å²) in [5, 5.41) is 13.4. The molecule has 0 radical (unpaired) electrons. The van der Waals surface area contributed by atoms with Crippen molar-refractivity contribution in [3.8, 4) is 0 Å². The van der Waals surface area contributed by atoms with Gasteiger partial charge in [0.15, 0.2) is 0 Å². The van der Waals surface area contributed by atoms with Crippen molar-refractivity contribution in [2.75, 3.05) is 19.6 Å². The maximum atomic E-state index is 12.4. The molecule has 0 aliphatic carbocycles. The van der Waals surface area contributed by atoms with E-state index in [9.17, 15) is 19.2 Å². The van der Waals surface area contributed by atoms with Gasteiger partial charge in [-0.05, 0) is 25.3 Å². The van der Waals surface area contributed by atoms with E-state index in [0.29, 0.717) is 19.4 Å². The molecular weight excluding hydrogens is 354 g/mol. The predicted molar refractivity (Wildman–Crippen MR) is 94.6 cm³/mol. The second-order valence-electron chi connectivity index (χ2n) is 6.41. The molecule has 2 rings (SSSR count). The molecule has 0 saturated carbocycles. The Morgan fingerprint density at radius 3 is 2.52 bits per heavy atom. The fraction of sp³-hybridized carbons (Fsp3) is 0.444. The normalized spacial score (nSPS) is 18.6. The molecule has 3 amide bonds. The van der Waals surface area contributed by atoms with Crippen LogP contribution in [0, 0.1) is 0 Å². The van der Waals surface area contributed by atoms with Crippen molar-refractivity contribution < 1.29 is 29.0 Å². The number of nitrogens with zero attached hydrogens (tertiary/aromatic N) is 1. The highest BCUT2D eigenvalue weighted by atomic mass is 16.5. The van der Waals surface area contributed by atoms with Crippen molar-refractivity contribution in [2.24, 2.45) is 0 Å². The van der Waals surface area contributed by atoms with Gasteiger partial charge in [0, 0.05) is 6.54 Å². The Morgan fingerprint density at radius 1 is 1.15 bits per heavy atom. The molecule has 1 heterocycles. The molecule has 0 unspecified atom stereocenters. The smallest absolute Gasteiger partial charge is 0.407 e. The van der Waals surface area contributed by atoms with E-state index >= 15 is 0 Å². The number of carbonyl (C=O) groups excluding carboxylic acids is 3. The molecule has 9 heteroatoms. The Kier molecular flexibility index (Phi) is 6.75. The zero-order valence-electron chi connectivity index (χ0n) is 15.1. The fourth-order valence-corrected chi connectivity index (χ4v) is 2.96. The van der Waals surface area contributed by atoms with Crippen LogP contribution in [0.5, 0.6) is 0 Å². The van der Waals surface area contributed by atoms with Crippen LogP contribution in [-0.2, 0) is 25.7 Å². The summed E-state index contributed by atoms with van der Waals surface area (Å²) in [5.41, 5.74) is -0.316. The van der Waals surface area contributed by atoms with Crippen LogP contribution >= 0.6 is 0 Å². The van der Waals surface area contributed by atoms with Crippen molar-refractivity contribution in [3.63, 3.8) is 0 Å². The summed E-state index contributed by atoms with van der Waals surface area (Å²) in [5.74, 6) is -2.12. The summed E-state index contributed by atoms with van der Waals surface area (Å²) >= 11 is 0. The molecule has 1 fully saturated rings. The Morgan fingerprint density at radius 2 is 1.85 bits per heavy atom. The number of aliphatic carboxylic acids is 1. The van der Waals surface area contributed by atoms with E-state index in [1.165, 1.54) is 4.90 Å². The van der Waals surface area contributed by atoms with Gasteiger partial charge < -0.3 is 25.4 Å². The zero-order chi connectivity index (χ0) is 19.9. The standard InChI is InChI=1S/C18H23N3O6/c1-18(16(25)19-11-15(23)24)8-5-9-21(18)14(22)10-20-17(26)27-12-13-6-3-2-4-7-13/h2-4,6-7H,5,8-12H2,1H3,(H,19,25)(H,20,26)(H,23,24)/t18-/m0/s1. The molecule has 0 spiro atoms.